The summed E-state index contributed by atoms with van der Waals surface area (Å²) in [5.41, 5.74) is 0. The molecule has 6 heteroatoms. The van der Waals surface area contributed by atoms with Crippen LogP contribution in [-0.2, 0) is 28.6 Å². The van der Waals surface area contributed by atoms with E-state index in [4.69, 9.17) is 14.2 Å². The second-order valence-corrected chi connectivity index (χ2v) is 18.4. The molecule has 0 aliphatic heterocycles. The molecular formula is C61H104O6. The average Bonchev–Trinajstić information content (AvgIpc) is 3.33. The lowest BCUT2D eigenvalue weighted by molar-refractivity contribution is -0.167. The van der Waals surface area contributed by atoms with Gasteiger partial charge in [0.1, 0.15) is 13.2 Å². The van der Waals surface area contributed by atoms with E-state index in [2.05, 4.69) is 106 Å². The highest BCUT2D eigenvalue weighted by Gasteiger charge is 2.19. The van der Waals surface area contributed by atoms with Crippen molar-refractivity contribution in [3.8, 4) is 0 Å². The number of esters is 3. The van der Waals surface area contributed by atoms with Gasteiger partial charge in [0.2, 0.25) is 0 Å². The van der Waals surface area contributed by atoms with Gasteiger partial charge in [0.05, 0.1) is 0 Å². The Bertz CT molecular complexity index is 1300. The second kappa shape index (κ2) is 55.2. The quantitative estimate of drug-likeness (QED) is 0.0262. The van der Waals surface area contributed by atoms with E-state index in [9.17, 15) is 14.4 Å². The van der Waals surface area contributed by atoms with E-state index in [-0.39, 0.29) is 31.1 Å². The van der Waals surface area contributed by atoms with Crippen molar-refractivity contribution in [3.63, 3.8) is 0 Å². The fraction of sp³-hybridized carbons (Fsp3) is 0.721. The summed E-state index contributed by atoms with van der Waals surface area (Å²) in [6.45, 7) is 6.40. The number of unbranched alkanes of at least 4 members (excludes halogenated alkanes) is 25. The summed E-state index contributed by atoms with van der Waals surface area (Å²) < 4.78 is 16.8. The van der Waals surface area contributed by atoms with E-state index in [0.29, 0.717) is 19.3 Å². The highest BCUT2D eigenvalue weighted by molar-refractivity contribution is 5.71. The van der Waals surface area contributed by atoms with Crippen LogP contribution in [0.3, 0.4) is 0 Å². The topological polar surface area (TPSA) is 78.9 Å². The zero-order chi connectivity index (χ0) is 48.6. The molecule has 0 aliphatic carbocycles. The van der Waals surface area contributed by atoms with Crippen LogP contribution in [0.2, 0.25) is 0 Å². The number of carbonyl (C=O) groups is 3. The van der Waals surface area contributed by atoms with Crippen molar-refractivity contribution in [3.05, 3.63) is 85.1 Å². The molecule has 0 amide bonds. The Hall–Kier alpha value is -3.41. The molecule has 0 rings (SSSR count). The molecule has 0 N–H and O–H groups in total. The molecular weight excluding hydrogens is 829 g/mol. The zero-order valence-electron chi connectivity index (χ0n) is 43.9. The number of ether oxygens (including phenoxy) is 3. The van der Waals surface area contributed by atoms with Gasteiger partial charge in [-0.1, -0.05) is 241 Å². The molecule has 0 spiro atoms. The van der Waals surface area contributed by atoms with Gasteiger partial charge in [-0.15, -0.1) is 0 Å². The molecule has 67 heavy (non-hydrogen) atoms. The Morgan fingerprint density at radius 1 is 0.313 bits per heavy atom. The van der Waals surface area contributed by atoms with Crippen LogP contribution in [0.1, 0.15) is 265 Å². The molecule has 0 radical (unpaired) electrons. The van der Waals surface area contributed by atoms with Gasteiger partial charge in [0, 0.05) is 19.3 Å². The summed E-state index contributed by atoms with van der Waals surface area (Å²) in [5, 5.41) is 0. The van der Waals surface area contributed by atoms with Crippen LogP contribution in [0.25, 0.3) is 0 Å². The maximum Gasteiger partial charge on any atom is 0.306 e. The summed E-state index contributed by atoms with van der Waals surface area (Å²) in [6.07, 6.45) is 71.4. The Balaban J connectivity index is 4.32. The molecule has 0 aliphatic rings. The summed E-state index contributed by atoms with van der Waals surface area (Å²) in [4.78, 5) is 38.1. The van der Waals surface area contributed by atoms with Crippen molar-refractivity contribution in [2.75, 3.05) is 13.2 Å². The molecule has 0 fully saturated rings. The summed E-state index contributed by atoms with van der Waals surface area (Å²) in [6, 6.07) is 0. The normalized spacial score (nSPS) is 12.7. The first-order chi connectivity index (χ1) is 33.0. The number of rotatable bonds is 50. The van der Waals surface area contributed by atoms with Gasteiger partial charge in [-0.3, -0.25) is 14.4 Å². The first kappa shape index (κ1) is 63.6. The largest absolute Gasteiger partial charge is 0.462 e. The van der Waals surface area contributed by atoms with Gasteiger partial charge in [-0.05, 0) is 89.9 Å². The Morgan fingerprint density at radius 3 is 0.910 bits per heavy atom. The minimum absolute atomic E-state index is 0.0829. The number of carbonyl (C=O) groups excluding carboxylic acids is 3. The van der Waals surface area contributed by atoms with Gasteiger partial charge in [-0.25, -0.2) is 0 Å². The zero-order valence-corrected chi connectivity index (χ0v) is 43.9. The van der Waals surface area contributed by atoms with Crippen molar-refractivity contribution < 1.29 is 28.6 Å². The van der Waals surface area contributed by atoms with E-state index in [1.54, 1.807) is 0 Å². The second-order valence-electron chi connectivity index (χ2n) is 18.4. The van der Waals surface area contributed by atoms with Gasteiger partial charge in [0.25, 0.3) is 0 Å². The maximum absolute atomic E-state index is 12.8. The number of allylic oxidation sites excluding steroid dienone is 14. The molecule has 0 bridgehead atoms. The van der Waals surface area contributed by atoms with Gasteiger partial charge in [-0.2, -0.15) is 0 Å². The van der Waals surface area contributed by atoms with Crippen molar-refractivity contribution in [2.24, 2.45) is 0 Å². The summed E-state index contributed by atoms with van der Waals surface area (Å²) in [5.74, 6) is -0.901. The number of hydrogen-bond acceptors (Lipinski definition) is 6. The highest BCUT2D eigenvalue weighted by atomic mass is 16.6. The minimum atomic E-state index is -0.785. The fourth-order valence-corrected chi connectivity index (χ4v) is 7.74. The molecule has 0 heterocycles. The van der Waals surface area contributed by atoms with Crippen LogP contribution in [0.15, 0.2) is 85.1 Å². The molecule has 1 atom stereocenters. The predicted octanol–water partition coefficient (Wildman–Crippen LogP) is 18.8. The van der Waals surface area contributed by atoms with Crippen LogP contribution in [0, 0.1) is 0 Å². The van der Waals surface area contributed by atoms with Crippen molar-refractivity contribution >= 4 is 17.9 Å². The lowest BCUT2D eigenvalue weighted by Gasteiger charge is -2.18. The Labute approximate surface area is 414 Å². The molecule has 0 aromatic carbocycles. The van der Waals surface area contributed by atoms with E-state index >= 15 is 0 Å². The van der Waals surface area contributed by atoms with E-state index in [0.717, 1.165) is 122 Å². The summed E-state index contributed by atoms with van der Waals surface area (Å²) >= 11 is 0. The van der Waals surface area contributed by atoms with Crippen molar-refractivity contribution in [1.82, 2.24) is 0 Å². The molecule has 1 unspecified atom stereocenters. The smallest absolute Gasteiger partial charge is 0.306 e. The van der Waals surface area contributed by atoms with E-state index in [1.165, 1.54) is 103 Å². The third-order valence-corrected chi connectivity index (χ3v) is 11.9. The first-order valence-corrected chi connectivity index (χ1v) is 28.1. The predicted molar refractivity (Wildman–Crippen MR) is 288 cm³/mol. The molecule has 0 aromatic heterocycles. The van der Waals surface area contributed by atoms with Crippen LogP contribution in [0.4, 0.5) is 0 Å². The molecule has 0 aromatic rings. The SMILES string of the molecule is CC/C=C\C/C=C\C/C=C\C/C=C\CCCCCCCCCCCCC(=O)OCC(COC(=O)CCCCCCCCCCCCC)OC(=O)CCCCCCC/C=C\C/C=C\C/C=C\CC. The lowest BCUT2D eigenvalue weighted by atomic mass is 10.1. The monoisotopic (exact) mass is 933 g/mol. The van der Waals surface area contributed by atoms with Gasteiger partial charge in [0.15, 0.2) is 6.10 Å². The highest BCUT2D eigenvalue weighted by Crippen LogP contribution is 2.15. The fourth-order valence-electron chi connectivity index (χ4n) is 7.74. The first-order valence-electron chi connectivity index (χ1n) is 28.1. The molecule has 384 valence electrons. The van der Waals surface area contributed by atoms with Gasteiger partial charge >= 0.3 is 17.9 Å². The van der Waals surface area contributed by atoms with Crippen LogP contribution < -0.4 is 0 Å². The lowest BCUT2D eigenvalue weighted by Crippen LogP contribution is -2.30. The van der Waals surface area contributed by atoms with Crippen molar-refractivity contribution in [1.29, 1.82) is 0 Å². The third-order valence-electron chi connectivity index (χ3n) is 11.9. The Kier molecular flexibility index (Phi) is 52.4. The molecule has 0 saturated carbocycles. The van der Waals surface area contributed by atoms with Crippen LogP contribution in [-0.4, -0.2) is 37.2 Å². The third kappa shape index (κ3) is 53.4. The van der Waals surface area contributed by atoms with E-state index < -0.39 is 6.10 Å². The molecule has 0 saturated heterocycles. The molecule has 6 nitrogen and oxygen atoms in total. The maximum atomic E-state index is 12.8. The standard InChI is InChI=1S/C61H104O6/c1-4-7-10-13-16-19-22-24-26-27-28-29-30-31-32-33-35-36-39-42-45-48-51-54-60(63)66-57-58(56-65-59(62)53-50-47-44-41-38-21-18-15-12-9-6-3)67-61(64)55-52-49-46-43-40-37-34-25-23-20-17-14-11-8-5-2/h7-8,10-11,16-17,19-20,24-26,28-29,34,58H,4-6,9,12-15,18,21-23,27,30-33,35-57H2,1-3H3/b10-7-,11-8-,19-16-,20-17-,26-24-,29-28-,34-25-. The summed E-state index contributed by atoms with van der Waals surface area (Å²) in [7, 11) is 0. The van der Waals surface area contributed by atoms with Crippen LogP contribution >= 0.6 is 0 Å². The number of hydrogen-bond donors (Lipinski definition) is 0. The Morgan fingerprint density at radius 2 is 0.582 bits per heavy atom. The van der Waals surface area contributed by atoms with Crippen LogP contribution in [0.5, 0.6) is 0 Å². The average molecular weight is 933 g/mol. The van der Waals surface area contributed by atoms with Crippen molar-refractivity contribution in [2.45, 2.75) is 271 Å². The minimum Gasteiger partial charge on any atom is -0.462 e. The van der Waals surface area contributed by atoms with Gasteiger partial charge < -0.3 is 14.2 Å². The van der Waals surface area contributed by atoms with E-state index in [1.807, 2.05) is 0 Å².